The molecule has 0 aliphatic heterocycles. The lowest BCUT2D eigenvalue weighted by atomic mass is 9.71. The molecule has 49 heavy (non-hydrogen) atoms. The van der Waals surface area contributed by atoms with E-state index in [1.54, 1.807) is 0 Å². The number of likely N-dealkylation sites (N-methyl/N-ethyl adjacent to an activating group) is 1. The van der Waals surface area contributed by atoms with Crippen LogP contribution >= 0.6 is 0 Å². The number of nitrogens with one attached hydrogen (secondary N) is 4. The molecule has 2 aromatic carbocycles. The summed E-state index contributed by atoms with van der Waals surface area (Å²) in [6, 6.07) is 20.3. The quantitative estimate of drug-likeness (QED) is 0.0950. The molecule has 1 fully saturated rings. The number of nitrogens with zero attached hydrogens (tertiary/aromatic N) is 1. The maximum atomic E-state index is 13.4. The Balaban J connectivity index is 0.000000252. The summed E-state index contributed by atoms with van der Waals surface area (Å²) in [7, 11) is 1.87. The molecule has 5 aromatic rings. The molecule has 0 spiro atoms. The lowest BCUT2D eigenvalue weighted by molar-refractivity contribution is -0.142. The van der Waals surface area contributed by atoms with Crippen molar-refractivity contribution in [1.82, 2.24) is 25.6 Å². The molecule has 9 nitrogen and oxygen atoms in total. The number of aromatic amines is 2. The first-order chi connectivity index (χ1) is 23.5. The Morgan fingerprint density at radius 3 is 1.94 bits per heavy atom. The van der Waals surface area contributed by atoms with Gasteiger partial charge in [0.05, 0.1) is 5.54 Å². The molecule has 6 rings (SSSR count). The summed E-state index contributed by atoms with van der Waals surface area (Å²) in [4.78, 5) is 35.6. The molecule has 1 amide bonds. The number of carboxylic acids is 1. The van der Waals surface area contributed by atoms with Crippen LogP contribution in [0.1, 0.15) is 82.2 Å². The molecule has 3 aromatic heterocycles. The zero-order chi connectivity index (χ0) is 35.7. The van der Waals surface area contributed by atoms with E-state index in [0.29, 0.717) is 19.4 Å². The number of aryl methyl sites for hydroxylation is 1. The van der Waals surface area contributed by atoms with E-state index in [0.717, 1.165) is 46.1 Å². The molecule has 0 radical (unpaired) electrons. The molecule has 1 aliphatic carbocycles. The predicted octanol–water partition coefficient (Wildman–Crippen LogP) is 6.95. The van der Waals surface area contributed by atoms with Gasteiger partial charge in [-0.25, -0.2) is 0 Å². The molecular weight excluding hydrogens is 612 g/mol. The van der Waals surface area contributed by atoms with Gasteiger partial charge in [0.15, 0.2) is 0 Å². The van der Waals surface area contributed by atoms with E-state index in [-0.39, 0.29) is 11.3 Å². The monoisotopic (exact) mass is 666 g/mol. The molecule has 7 N–H and O–H groups in total. The van der Waals surface area contributed by atoms with Gasteiger partial charge in [0.1, 0.15) is 5.54 Å². The molecule has 0 saturated heterocycles. The van der Waals surface area contributed by atoms with E-state index in [1.165, 1.54) is 37.1 Å². The summed E-state index contributed by atoms with van der Waals surface area (Å²) >= 11 is 0. The second-order valence-corrected chi connectivity index (χ2v) is 13.6. The molecule has 1 saturated carbocycles. The SMILES string of the molecule is CC.CN[C@@](C)(Cc1c[nH]c2ccccc12)C(=O)NCC1(c2ccc(C)cn2)CCCCC1.C[C@](N)(Cc1c[nH]c2ccccc12)C(=O)O. The first kappa shape index (κ1) is 37.4. The number of rotatable bonds is 10. The molecule has 262 valence electrons. The molecule has 0 bridgehead atoms. The lowest BCUT2D eigenvalue weighted by Crippen LogP contribution is -2.57. The highest BCUT2D eigenvalue weighted by atomic mass is 16.4. The molecule has 9 heteroatoms. The van der Waals surface area contributed by atoms with Crippen LogP contribution in [-0.4, -0.2) is 56.6 Å². The van der Waals surface area contributed by atoms with Gasteiger partial charge >= 0.3 is 5.97 Å². The van der Waals surface area contributed by atoms with E-state index in [9.17, 15) is 9.59 Å². The number of aromatic nitrogens is 3. The number of carbonyl (C=O) groups excluding carboxylic acids is 1. The minimum atomic E-state index is -1.23. The number of aliphatic carboxylic acids is 1. The van der Waals surface area contributed by atoms with Crippen molar-refractivity contribution in [3.05, 3.63) is 102 Å². The highest BCUT2D eigenvalue weighted by molar-refractivity contribution is 5.89. The van der Waals surface area contributed by atoms with Gasteiger partial charge < -0.3 is 31.4 Å². The third-order valence-corrected chi connectivity index (χ3v) is 9.85. The highest BCUT2D eigenvalue weighted by Gasteiger charge is 2.38. The average molecular weight is 667 g/mol. The van der Waals surface area contributed by atoms with Crippen LogP contribution in [0.5, 0.6) is 0 Å². The van der Waals surface area contributed by atoms with Crippen molar-refractivity contribution >= 4 is 33.7 Å². The number of carboxylic acid groups (broad SMARTS) is 1. The Morgan fingerprint density at radius 1 is 0.878 bits per heavy atom. The van der Waals surface area contributed by atoms with Crippen molar-refractivity contribution in [1.29, 1.82) is 0 Å². The largest absolute Gasteiger partial charge is 0.480 e. The third-order valence-electron chi connectivity index (χ3n) is 9.85. The van der Waals surface area contributed by atoms with Gasteiger partial charge in [-0.1, -0.05) is 75.6 Å². The minimum Gasteiger partial charge on any atom is -0.480 e. The van der Waals surface area contributed by atoms with Gasteiger partial charge in [0.25, 0.3) is 0 Å². The molecular formula is C40H54N6O3. The number of H-pyrrole nitrogens is 2. The zero-order valence-corrected chi connectivity index (χ0v) is 30.0. The zero-order valence-electron chi connectivity index (χ0n) is 30.0. The van der Waals surface area contributed by atoms with Gasteiger partial charge in [-0.2, -0.15) is 0 Å². The molecule has 1 aliphatic rings. The van der Waals surface area contributed by atoms with Crippen molar-refractivity contribution in [3.8, 4) is 0 Å². The Bertz CT molecular complexity index is 1820. The van der Waals surface area contributed by atoms with Crippen molar-refractivity contribution in [2.45, 2.75) is 96.1 Å². The maximum Gasteiger partial charge on any atom is 0.323 e. The predicted molar refractivity (Wildman–Crippen MR) is 200 cm³/mol. The fourth-order valence-electron chi connectivity index (χ4n) is 6.67. The number of nitrogens with two attached hydrogens (primary N) is 1. The van der Waals surface area contributed by atoms with Crippen LogP contribution in [0.25, 0.3) is 21.8 Å². The highest BCUT2D eigenvalue weighted by Crippen LogP contribution is 2.38. The van der Waals surface area contributed by atoms with Crippen molar-refractivity contribution in [2.24, 2.45) is 5.73 Å². The minimum absolute atomic E-state index is 0.0392. The van der Waals surface area contributed by atoms with Crippen molar-refractivity contribution in [3.63, 3.8) is 0 Å². The van der Waals surface area contributed by atoms with Gasteiger partial charge in [0.2, 0.25) is 5.91 Å². The number of amides is 1. The van der Waals surface area contributed by atoms with Crippen molar-refractivity contribution in [2.75, 3.05) is 13.6 Å². The van der Waals surface area contributed by atoms with E-state index >= 15 is 0 Å². The number of para-hydroxylation sites is 2. The maximum absolute atomic E-state index is 13.4. The number of hydrogen-bond donors (Lipinski definition) is 6. The summed E-state index contributed by atoms with van der Waals surface area (Å²) in [6.07, 6.45) is 12.5. The first-order valence-electron chi connectivity index (χ1n) is 17.5. The van der Waals surface area contributed by atoms with Crippen LogP contribution in [0, 0.1) is 6.92 Å². The third kappa shape index (κ3) is 8.77. The second kappa shape index (κ2) is 16.3. The summed E-state index contributed by atoms with van der Waals surface area (Å²) in [5, 5.41) is 17.8. The van der Waals surface area contributed by atoms with Crippen LogP contribution in [0.4, 0.5) is 0 Å². The van der Waals surface area contributed by atoms with Crippen molar-refractivity contribution < 1.29 is 14.7 Å². The Kier molecular flexibility index (Phi) is 12.4. The number of pyridine rings is 1. The van der Waals surface area contributed by atoms with E-state index < -0.39 is 17.0 Å². The summed E-state index contributed by atoms with van der Waals surface area (Å²) in [5.41, 5.74) is 10.2. The van der Waals surface area contributed by atoms with Crippen LogP contribution in [0.15, 0.2) is 79.3 Å². The number of benzene rings is 2. The van der Waals surface area contributed by atoms with Crippen LogP contribution in [0.3, 0.4) is 0 Å². The van der Waals surface area contributed by atoms with Crippen LogP contribution in [0.2, 0.25) is 0 Å². The van der Waals surface area contributed by atoms with Crippen LogP contribution < -0.4 is 16.4 Å². The lowest BCUT2D eigenvalue weighted by Gasteiger charge is -2.38. The van der Waals surface area contributed by atoms with E-state index in [4.69, 9.17) is 15.8 Å². The van der Waals surface area contributed by atoms with Gasteiger partial charge in [-0.05, 0) is 75.5 Å². The smallest absolute Gasteiger partial charge is 0.323 e. The molecule has 0 unspecified atom stereocenters. The Hall–Kier alpha value is -4.47. The normalized spacial score (nSPS) is 16.3. The first-order valence-corrected chi connectivity index (χ1v) is 17.5. The summed E-state index contributed by atoms with van der Waals surface area (Å²) < 4.78 is 0. The Morgan fingerprint density at radius 2 is 1.43 bits per heavy atom. The standard InChI is InChI=1S/C26H34N4O.C12H14N2O2.C2H6/c1-19-11-12-23(29-16-19)26(13-7-4-8-14-26)18-30-24(31)25(2,27-3)15-20-17-28-22-10-6-5-9-21(20)22;1-12(13,11(15)16)6-8-7-14-10-5-3-2-4-9(8)10;1-2/h5-6,9-12,16-17,27-28H,4,7-8,13-15,18H2,1-3H3,(H,30,31);2-5,7,14H,6,13H2,1H3,(H,15,16);1-2H3/t25-;12-;/m00./s1. The summed E-state index contributed by atoms with van der Waals surface area (Å²) in [5.74, 6) is -0.949. The summed E-state index contributed by atoms with van der Waals surface area (Å²) in [6.45, 7) is 10.2. The van der Waals surface area contributed by atoms with E-state index in [2.05, 4.69) is 51.8 Å². The number of fused-ring (bicyclic) bond motifs is 2. The number of carbonyl (C=O) groups is 2. The second-order valence-electron chi connectivity index (χ2n) is 13.6. The fraction of sp³-hybridized carbons (Fsp3) is 0.425. The number of hydrogen-bond acceptors (Lipinski definition) is 5. The van der Waals surface area contributed by atoms with Gasteiger partial charge in [-0.15, -0.1) is 0 Å². The van der Waals surface area contributed by atoms with Gasteiger partial charge in [0, 0.05) is 70.9 Å². The fourth-order valence-corrected chi connectivity index (χ4v) is 6.67. The molecule has 3 heterocycles. The molecule has 2 atom stereocenters. The van der Waals surface area contributed by atoms with E-state index in [1.807, 2.05) is 82.8 Å². The average Bonchev–Trinajstić information content (AvgIpc) is 3.72. The van der Waals surface area contributed by atoms with Gasteiger partial charge in [-0.3, -0.25) is 14.6 Å². The Labute approximate surface area is 290 Å². The van der Waals surface area contributed by atoms with Crippen LogP contribution in [-0.2, 0) is 27.8 Å². The topological polar surface area (TPSA) is 149 Å².